The van der Waals surface area contributed by atoms with E-state index >= 15 is 4.39 Å². The molecular weight excluding hydrogens is 508 g/mol. The van der Waals surface area contributed by atoms with Crippen LogP contribution in [0.1, 0.15) is 48.1 Å². The van der Waals surface area contributed by atoms with E-state index in [0.717, 1.165) is 36.9 Å². The maximum Gasteiger partial charge on any atom is 0.425 e. The Morgan fingerprint density at radius 1 is 1.31 bits per heavy atom. The number of rotatable bonds is 5. The Labute approximate surface area is 206 Å². The van der Waals surface area contributed by atoms with Crippen LogP contribution in [0.4, 0.5) is 23.2 Å². The third-order valence-electron chi connectivity index (χ3n) is 6.72. The van der Waals surface area contributed by atoms with Crippen LogP contribution in [0.2, 0.25) is 5.15 Å². The van der Waals surface area contributed by atoms with Crippen LogP contribution in [0.15, 0.2) is 16.9 Å². The normalized spacial score (nSPS) is 17.1. The number of aryl methyl sites for hydroxylation is 1. The minimum absolute atomic E-state index is 0.0768. The molecule has 1 spiro atoms. The van der Waals surface area contributed by atoms with Gasteiger partial charge in [-0.05, 0) is 44.6 Å². The molecule has 9 nitrogen and oxygen atoms in total. The summed E-state index contributed by atoms with van der Waals surface area (Å²) in [6.45, 7) is 2.73. The lowest BCUT2D eigenvalue weighted by Crippen LogP contribution is -2.32. The number of benzene rings is 1. The zero-order valence-electron chi connectivity index (χ0n) is 19.2. The second-order valence-corrected chi connectivity index (χ2v) is 9.62. The van der Waals surface area contributed by atoms with Crippen LogP contribution in [-0.2, 0) is 13.0 Å². The predicted molar refractivity (Wildman–Crippen MR) is 120 cm³/mol. The molecule has 14 heteroatoms. The number of anilines is 1. The zero-order chi connectivity index (χ0) is 26.0. The lowest BCUT2D eigenvalue weighted by molar-refractivity contribution is -0.189. The van der Waals surface area contributed by atoms with Crippen molar-refractivity contribution >= 4 is 23.2 Å². The summed E-state index contributed by atoms with van der Waals surface area (Å²) in [5, 5.41) is 12.8. The molecule has 2 aromatic heterocycles. The van der Waals surface area contributed by atoms with Crippen LogP contribution in [0.5, 0.6) is 5.75 Å². The van der Waals surface area contributed by atoms with Gasteiger partial charge in [0.1, 0.15) is 28.8 Å². The quantitative estimate of drug-likeness (QED) is 0.484. The Morgan fingerprint density at radius 2 is 2.03 bits per heavy atom. The number of aromatic amines is 1. The van der Waals surface area contributed by atoms with Gasteiger partial charge in [-0.15, -0.1) is 5.10 Å². The monoisotopic (exact) mass is 528 g/mol. The van der Waals surface area contributed by atoms with E-state index in [4.69, 9.17) is 16.3 Å². The number of nitrogens with one attached hydrogen (secondary N) is 2. The first-order valence-corrected chi connectivity index (χ1v) is 11.5. The van der Waals surface area contributed by atoms with E-state index in [0.29, 0.717) is 30.6 Å². The molecule has 1 atom stereocenters. The largest absolute Gasteiger partial charge is 0.480 e. The van der Waals surface area contributed by atoms with Crippen LogP contribution in [0, 0.1) is 18.2 Å². The van der Waals surface area contributed by atoms with Gasteiger partial charge in [-0.1, -0.05) is 11.6 Å². The highest BCUT2D eigenvalue weighted by molar-refractivity contribution is 6.33. The molecule has 1 amide bonds. The van der Waals surface area contributed by atoms with Crippen molar-refractivity contribution < 1.29 is 27.1 Å². The number of aromatic nitrogens is 5. The molecular formula is C22H21ClF4N6O3. The summed E-state index contributed by atoms with van der Waals surface area (Å²) in [5.41, 5.74) is -1.00. The smallest absolute Gasteiger partial charge is 0.425 e. The molecule has 1 aliphatic carbocycles. The third kappa shape index (κ3) is 4.25. The van der Waals surface area contributed by atoms with Crippen molar-refractivity contribution in [3.63, 3.8) is 0 Å². The molecule has 1 aromatic carbocycles. The highest BCUT2D eigenvalue weighted by atomic mass is 35.5. The Balaban J connectivity index is 1.57. The molecule has 1 aliphatic heterocycles. The number of hydrogen-bond donors (Lipinski definition) is 2. The van der Waals surface area contributed by atoms with Crippen LogP contribution in [0.25, 0.3) is 5.69 Å². The molecule has 0 radical (unpaired) electrons. The Morgan fingerprint density at radius 3 is 2.64 bits per heavy atom. The van der Waals surface area contributed by atoms with Crippen molar-refractivity contribution in [2.24, 2.45) is 5.41 Å². The van der Waals surface area contributed by atoms with Gasteiger partial charge in [0.2, 0.25) is 0 Å². The Bertz CT molecular complexity index is 1400. The Kier molecular flexibility index (Phi) is 5.65. The van der Waals surface area contributed by atoms with E-state index in [-0.39, 0.29) is 16.3 Å². The van der Waals surface area contributed by atoms with Crippen molar-refractivity contribution in [3.8, 4) is 11.4 Å². The number of hydrogen-bond acceptors (Lipinski definition) is 5. The number of alkyl halides is 3. The third-order valence-corrected chi connectivity index (χ3v) is 7.00. The van der Waals surface area contributed by atoms with Crippen molar-refractivity contribution in [2.75, 3.05) is 5.32 Å². The second kappa shape index (κ2) is 8.36. The molecule has 1 saturated carbocycles. The maximum absolute atomic E-state index is 15.3. The lowest BCUT2D eigenvalue weighted by atomic mass is 9.95. The van der Waals surface area contributed by atoms with Gasteiger partial charge in [0.25, 0.3) is 5.91 Å². The van der Waals surface area contributed by atoms with Crippen LogP contribution in [-0.4, -0.2) is 42.7 Å². The van der Waals surface area contributed by atoms with Crippen LogP contribution in [0.3, 0.4) is 0 Å². The van der Waals surface area contributed by atoms with Gasteiger partial charge in [-0.25, -0.2) is 9.18 Å². The van der Waals surface area contributed by atoms with E-state index in [2.05, 4.69) is 20.6 Å². The fourth-order valence-corrected chi connectivity index (χ4v) is 4.52. The lowest BCUT2D eigenvalue weighted by Gasteiger charge is -2.20. The number of carbonyl (C=O) groups excluding carboxylic acids is 1. The van der Waals surface area contributed by atoms with E-state index in [1.54, 1.807) is 6.92 Å². The number of nitrogens with zero attached hydrogens (tertiary/aromatic N) is 4. The van der Waals surface area contributed by atoms with Gasteiger partial charge in [-0.2, -0.15) is 23.0 Å². The SMILES string of the molecule is Cc1[nH]nc(Cl)c1NC(=O)c1cc(F)c(-n2nc3n(c2=O)CCC2(CC2)C3)cc1O[C@@H](C)C(F)(F)F. The number of amides is 1. The van der Waals surface area contributed by atoms with Gasteiger partial charge in [-0.3, -0.25) is 14.5 Å². The zero-order valence-corrected chi connectivity index (χ0v) is 19.9. The van der Waals surface area contributed by atoms with E-state index < -0.39 is 46.7 Å². The average molecular weight is 529 g/mol. The van der Waals surface area contributed by atoms with E-state index in [1.165, 1.54) is 4.57 Å². The minimum Gasteiger partial charge on any atom is -0.480 e. The summed E-state index contributed by atoms with van der Waals surface area (Å²) in [4.78, 5) is 25.9. The molecule has 0 bridgehead atoms. The summed E-state index contributed by atoms with van der Waals surface area (Å²) in [7, 11) is 0. The molecule has 3 heterocycles. The summed E-state index contributed by atoms with van der Waals surface area (Å²) >= 11 is 5.93. The van der Waals surface area contributed by atoms with Crippen molar-refractivity contribution in [1.82, 2.24) is 24.5 Å². The van der Waals surface area contributed by atoms with Crippen molar-refractivity contribution in [3.05, 3.63) is 50.7 Å². The van der Waals surface area contributed by atoms with Crippen LogP contribution < -0.4 is 15.7 Å². The summed E-state index contributed by atoms with van der Waals surface area (Å²) in [6, 6.07) is 1.59. The fraction of sp³-hybridized carbons (Fsp3) is 0.455. The van der Waals surface area contributed by atoms with E-state index in [1.807, 2.05) is 0 Å². The molecule has 2 aliphatic rings. The van der Waals surface area contributed by atoms with Crippen LogP contribution >= 0.6 is 11.6 Å². The maximum atomic E-state index is 15.3. The van der Waals surface area contributed by atoms with Crippen molar-refractivity contribution in [1.29, 1.82) is 0 Å². The average Bonchev–Trinajstić information content (AvgIpc) is 3.38. The minimum atomic E-state index is -4.77. The Hall–Kier alpha value is -3.35. The molecule has 192 valence electrons. The number of carbonyl (C=O) groups is 1. The molecule has 2 N–H and O–H groups in total. The standard InChI is InChI=1S/C22H21ClF4N6O3/c1-10-17(18(23)30-29-10)28-19(34)12-7-13(24)14(8-15(12)36-11(2)22(25,26)27)33-20(35)32-6-5-21(3-4-21)9-16(32)31-33/h7-8,11H,3-6,9H2,1-2H3,(H,28,34)(H,29,30)/t11-/m0/s1. The molecule has 0 saturated heterocycles. The van der Waals surface area contributed by atoms with Gasteiger partial charge >= 0.3 is 11.9 Å². The summed E-state index contributed by atoms with van der Waals surface area (Å²) < 4.78 is 62.4. The van der Waals surface area contributed by atoms with Gasteiger partial charge in [0.05, 0.1) is 11.3 Å². The van der Waals surface area contributed by atoms with Gasteiger partial charge < -0.3 is 10.1 Å². The van der Waals surface area contributed by atoms with Gasteiger partial charge in [0, 0.05) is 19.0 Å². The number of fused-ring (bicyclic) bond motifs is 1. The number of ether oxygens (including phenoxy) is 1. The molecule has 5 rings (SSSR count). The number of halogens is 5. The van der Waals surface area contributed by atoms with E-state index in [9.17, 15) is 22.8 Å². The first-order chi connectivity index (χ1) is 16.9. The predicted octanol–water partition coefficient (Wildman–Crippen LogP) is 4.17. The second-order valence-electron chi connectivity index (χ2n) is 9.26. The molecule has 3 aromatic rings. The first kappa shape index (κ1) is 24.3. The molecule has 36 heavy (non-hydrogen) atoms. The topological polar surface area (TPSA) is 107 Å². The molecule has 1 fully saturated rings. The highest BCUT2D eigenvalue weighted by Gasteiger charge is 2.46. The van der Waals surface area contributed by atoms with Crippen molar-refractivity contribution in [2.45, 2.75) is 58.4 Å². The van der Waals surface area contributed by atoms with Gasteiger partial charge in [0.15, 0.2) is 11.3 Å². The first-order valence-electron chi connectivity index (χ1n) is 11.2. The summed E-state index contributed by atoms with van der Waals surface area (Å²) in [6.07, 6.45) is -3.67. The number of H-pyrrole nitrogens is 1. The highest BCUT2D eigenvalue weighted by Crippen LogP contribution is 2.53. The fourth-order valence-electron chi connectivity index (χ4n) is 4.29. The molecule has 0 unspecified atom stereocenters. The summed E-state index contributed by atoms with van der Waals surface area (Å²) in [5.74, 6) is -2.12.